The third kappa shape index (κ3) is 7.21. The molecule has 2 N–H and O–H groups in total. The summed E-state index contributed by atoms with van der Waals surface area (Å²) in [6.07, 6.45) is 5.33. The Morgan fingerprint density at radius 2 is 1.90 bits per heavy atom. The molecule has 5 rings (SSSR count). The largest absolute Gasteiger partial charge is 0.490 e. The molecule has 4 atom stereocenters. The molecule has 42 heavy (non-hydrogen) atoms. The highest BCUT2D eigenvalue weighted by Crippen LogP contribution is 2.39. The number of hydrogen-bond acceptors (Lipinski definition) is 7. The number of amidine groups is 1. The molecule has 2 aliphatic carbocycles. The van der Waals surface area contributed by atoms with Crippen molar-refractivity contribution >= 4 is 29.7 Å². The van der Waals surface area contributed by atoms with E-state index in [0.29, 0.717) is 42.5 Å². The van der Waals surface area contributed by atoms with Crippen molar-refractivity contribution < 1.29 is 33.7 Å². The molecule has 0 amide bonds. The second kappa shape index (κ2) is 14.0. The highest BCUT2D eigenvalue weighted by atomic mass is 19.1. The molecule has 228 valence electrons. The van der Waals surface area contributed by atoms with Gasteiger partial charge in [0, 0.05) is 43.1 Å². The number of ether oxygens (including phenoxy) is 2. The number of aliphatic imine (C=N–C) groups is 1. The van der Waals surface area contributed by atoms with E-state index in [4.69, 9.17) is 9.53 Å². The number of nitrogens with zero attached hydrogens (tertiary/aromatic N) is 3. The van der Waals surface area contributed by atoms with E-state index in [2.05, 4.69) is 40.7 Å². The van der Waals surface area contributed by atoms with Crippen LogP contribution in [-0.2, 0) is 20.7 Å². The minimum absolute atomic E-state index is 0.0826. The van der Waals surface area contributed by atoms with Gasteiger partial charge in [0.2, 0.25) is 0 Å². The summed E-state index contributed by atoms with van der Waals surface area (Å²) in [6, 6.07) is 10.8. The summed E-state index contributed by atoms with van der Waals surface area (Å²) < 4.78 is 24.3. The number of hydrogen-bond donors (Lipinski definition) is 2. The number of aryl methyl sites for hydroxylation is 1. The van der Waals surface area contributed by atoms with Crippen LogP contribution in [0.4, 0.5) is 15.8 Å². The molecule has 2 aromatic rings. The standard InChI is InChI=1S/C30H38FN3O4.C2H4O2/c1-18-7-8-19-15-23(10-13-26(19)33(18)3)34(22-6-4-5-20(16-22)30(36)37)29(32-2)28(35)25-17-21(31)9-14-27(25)38-24-11-12-24;1-4-2-3/h9-10,13-15,17-18,20,22,24,28,35H,4-8,11-12,16H2,1-3H3,(H,36,37);2H,1H3. The number of carboxylic acids is 1. The Kier molecular flexibility index (Phi) is 10.4. The van der Waals surface area contributed by atoms with E-state index in [1.807, 2.05) is 11.0 Å². The number of aliphatic carboxylic acids is 1. The van der Waals surface area contributed by atoms with Crippen LogP contribution in [0.3, 0.4) is 0 Å². The predicted octanol–water partition coefficient (Wildman–Crippen LogP) is 5.14. The molecule has 1 heterocycles. The van der Waals surface area contributed by atoms with Crippen molar-refractivity contribution in [1.29, 1.82) is 0 Å². The first-order chi connectivity index (χ1) is 20.2. The van der Waals surface area contributed by atoms with Gasteiger partial charge in [-0.25, -0.2) is 4.39 Å². The lowest BCUT2D eigenvalue weighted by atomic mass is 9.84. The lowest BCUT2D eigenvalue weighted by Gasteiger charge is -2.41. The number of rotatable bonds is 8. The molecular formula is C32H42FN3O6. The number of fused-ring (bicyclic) bond motifs is 1. The fraction of sp³-hybridized carbons (Fsp3) is 0.531. The van der Waals surface area contributed by atoms with Gasteiger partial charge >= 0.3 is 5.97 Å². The molecular weight excluding hydrogens is 541 g/mol. The van der Waals surface area contributed by atoms with Gasteiger partial charge in [0.25, 0.3) is 6.47 Å². The normalized spacial score (nSPS) is 22.7. The summed E-state index contributed by atoms with van der Waals surface area (Å²) in [5.74, 6) is -0.894. The topological polar surface area (TPSA) is 112 Å². The molecule has 4 unspecified atom stereocenters. The molecule has 1 aliphatic heterocycles. The van der Waals surface area contributed by atoms with E-state index in [-0.39, 0.29) is 12.1 Å². The first kappa shape index (κ1) is 31.3. The minimum atomic E-state index is -1.24. The van der Waals surface area contributed by atoms with Crippen LogP contribution in [0.2, 0.25) is 0 Å². The summed E-state index contributed by atoms with van der Waals surface area (Å²) in [5.41, 5.74) is 3.59. The summed E-state index contributed by atoms with van der Waals surface area (Å²) in [6.45, 7) is 2.59. The maximum Gasteiger partial charge on any atom is 0.306 e. The number of carbonyl (C=O) groups excluding carboxylic acids is 1. The Morgan fingerprint density at radius 3 is 2.55 bits per heavy atom. The number of halogens is 1. The second-order valence-electron chi connectivity index (χ2n) is 11.4. The Bertz CT molecular complexity index is 1280. The quantitative estimate of drug-likeness (QED) is 0.250. The molecule has 0 spiro atoms. The van der Waals surface area contributed by atoms with Crippen molar-refractivity contribution in [2.24, 2.45) is 10.9 Å². The van der Waals surface area contributed by atoms with Crippen molar-refractivity contribution in [3.8, 4) is 5.75 Å². The Hall–Kier alpha value is -3.66. The van der Waals surface area contributed by atoms with E-state index >= 15 is 0 Å². The molecule has 0 bridgehead atoms. The van der Waals surface area contributed by atoms with Gasteiger partial charge in [-0.15, -0.1) is 0 Å². The van der Waals surface area contributed by atoms with Crippen LogP contribution in [0.1, 0.15) is 69.1 Å². The third-order valence-electron chi connectivity index (χ3n) is 8.48. The number of aliphatic hydroxyl groups is 1. The van der Waals surface area contributed by atoms with Crippen LogP contribution >= 0.6 is 0 Å². The predicted molar refractivity (Wildman–Crippen MR) is 160 cm³/mol. The number of anilines is 2. The van der Waals surface area contributed by atoms with Gasteiger partial charge < -0.3 is 29.5 Å². The fourth-order valence-corrected chi connectivity index (χ4v) is 5.92. The second-order valence-corrected chi connectivity index (χ2v) is 11.4. The maximum atomic E-state index is 14.4. The summed E-state index contributed by atoms with van der Waals surface area (Å²) in [5, 5.41) is 21.5. The lowest BCUT2D eigenvalue weighted by molar-refractivity contribution is -0.142. The molecule has 10 heteroatoms. The molecule has 0 aromatic heterocycles. The van der Waals surface area contributed by atoms with E-state index in [1.165, 1.54) is 30.5 Å². The van der Waals surface area contributed by atoms with Gasteiger partial charge in [0.05, 0.1) is 19.1 Å². The first-order valence-electron chi connectivity index (χ1n) is 14.6. The first-order valence-corrected chi connectivity index (χ1v) is 14.6. The summed E-state index contributed by atoms with van der Waals surface area (Å²) in [4.78, 5) is 29.7. The number of carboxylic acid groups (broad SMARTS) is 1. The average Bonchev–Trinajstić information content (AvgIpc) is 3.82. The van der Waals surface area contributed by atoms with Gasteiger partial charge in [0.1, 0.15) is 23.5 Å². The monoisotopic (exact) mass is 583 g/mol. The van der Waals surface area contributed by atoms with Crippen molar-refractivity contribution in [3.05, 3.63) is 53.3 Å². The van der Waals surface area contributed by atoms with Crippen LogP contribution in [0.25, 0.3) is 0 Å². The third-order valence-corrected chi connectivity index (χ3v) is 8.48. The molecule has 0 radical (unpaired) electrons. The minimum Gasteiger partial charge on any atom is -0.490 e. The number of benzene rings is 2. The van der Waals surface area contributed by atoms with Crippen molar-refractivity contribution in [2.75, 3.05) is 31.0 Å². The zero-order chi connectivity index (χ0) is 30.4. The Balaban J connectivity index is 0.000000952. The van der Waals surface area contributed by atoms with Gasteiger partial charge in [-0.3, -0.25) is 14.6 Å². The number of carbonyl (C=O) groups is 2. The zero-order valence-corrected chi connectivity index (χ0v) is 24.8. The van der Waals surface area contributed by atoms with E-state index in [0.717, 1.165) is 44.2 Å². The fourth-order valence-electron chi connectivity index (χ4n) is 5.92. The van der Waals surface area contributed by atoms with E-state index < -0.39 is 23.8 Å². The maximum absolute atomic E-state index is 14.4. The Labute approximate surface area is 246 Å². The zero-order valence-electron chi connectivity index (χ0n) is 24.8. The molecule has 0 saturated heterocycles. The van der Waals surface area contributed by atoms with Gasteiger partial charge in [-0.05, 0) is 93.8 Å². The van der Waals surface area contributed by atoms with Crippen molar-refractivity contribution in [3.63, 3.8) is 0 Å². The van der Waals surface area contributed by atoms with Gasteiger partial charge in [-0.2, -0.15) is 0 Å². The SMILES string of the molecule is CN=C(C(O)c1cc(F)ccc1OC1CC1)N(c1ccc2c(c1)CCC(C)N2C)C1CCCC(C(=O)O)C1.COC=O. The van der Waals surface area contributed by atoms with Crippen LogP contribution in [0.15, 0.2) is 41.4 Å². The Morgan fingerprint density at radius 1 is 1.17 bits per heavy atom. The molecule has 9 nitrogen and oxygen atoms in total. The van der Waals surface area contributed by atoms with Crippen molar-refractivity contribution in [1.82, 2.24) is 0 Å². The smallest absolute Gasteiger partial charge is 0.306 e. The number of methoxy groups -OCH3 is 1. The van der Waals surface area contributed by atoms with Crippen LogP contribution < -0.4 is 14.5 Å². The van der Waals surface area contributed by atoms with Crippen LogP contribution in [-0.4, -0.2) is 67.9 Å². The summed E-state index contributed by atoms with van der Waals surface area (Å²) in [7, 11) is 5.04. The summed E-state index contributed by atoms with van der Waals surface area (Å²) >= 11 is 0. The highest BCUT2D eigenvalue weighted by molar-refractivity contribution is 6.02. The van der Waals surface area contributed by atoms with Crippen LogP contribution in [0.5, 0.6) is 5.75 Å². The van der Waals surface area contributed by atoms with Crippen molar-refractivity contribution in [2.45, 2.75) is 82.6 Å². The van der Waals surface area contributed by atoms with Gasteiger partial charge in [-0.1, -0.05) is 6.42 Å². The van der Waals surface area contributed by atoms with Crippen LogP contribution in [0, 0.1) is 11.7 Å². The molecule has 2 fully saturated rings. The highest BCUT2D eigenvalue weighted by Gasteiger charge is 2.37. The van der Waals surface area contributed by atoms with E-state index in [1.54, 1.807) is 13.1 Å². The number of aliphatic hydroxyl groups excluding tert-OH is 1. The lowest BCUT2D eigenvalue weighted by Crippen LogP contribution is -2.46. The molecule has 2 aromatic carbocycles. The van der Waals surface area contributed by atoms with Gasteiger partial charge in [0.15, 0.2) is 0 Å². The molecule has 3 aliphatic rings. The van der Waals surface area contributed by atoms with E-state index in [9.17, 15) is 19.4 Å². The molecule has 2 saturated carbocycles. The average molecular weight is 584 g/mol.